The Balaban J connectivity index is 1.91. The Morgan fingerprint density at radius 2 is 1.75 bits per heavy atom. The van der Waals surface area contributed by atoms with Crippen molar-refractivity contribution in [2.45, 2.75) is 20.0 Å². The van der Waals surface area contributed by atoms with Gasteiger partial charge in [0.25, 0.3) is 11.6 Å². The average molecular weight is 376 g/mol. The van der Waals surface area contributed by atoms with Gasteiger partial charge in [0.05, 0.1) is 11.0 Å². The van der Waals surface area contributed by atoms with Crippen LogP contribution >= 0.6 is 0 Å². The van der Waals surface area contributed by atoms with E-state index in [4.69, 9.17) is 4.74 Å². The lowest BCUT2D eigenvalue weighted by Gasteiger charge is -2.20. The number of benzene rings is 3. The lowest BCUT2D eigenvalue weighted by Crippen LogP contribution is -2.26. The minimum absolute atomic E-state index is 0.0979. The summed E-state index contributed by atoms with van der Waals surface area (Å²) in [4.78, 5) is 23.6. The summed E-state index contributed by atoms with van der Waals surface area (Å²) < 4.78 is 5.88. The number of carbonyl (C=O) groups is 1. The Hall–Kier alpha value is -3.67. The number of hydrogen-bond donors (Lipinski definition) is 1. The summed E-state index contributed by atoms with van der Waals surface area (Å²) >= 11 is 0. The van der Waals surface area contributed by atoms with Crippen LogP contribution in [-0.2, 0) is 4.79 Å². The second-order valence-electron chi connectivity index (χ2n) is 6.47. The van der Waals surface area contributed by atoms with Crippen LogP contribution in [0.15, 0.2) is 72.8 Å². The van der Waals surface area contributed by atoms with Crippen molar-refractivity contribution in [1.29, 1.82) is 0 Å². The van der Waals surface area contributed by atoms with Gasteiger partial charge in [-0.3, -0.25) is 14.9 Å². The van der Waals surface area contributed by atoms with Crippen molar-refractivity contribution in [3.05, 3.63) is 99.6 Å². The fraction of sp³-hybridized carbons (Fsp3) is 0.136. The molecular formula is C22H20N2O4. The number of amides is 1. The summed E-state index contributed by atoms with van der Waals surface area (Å²) in [5.74, 6) is -0.106. The van der Waals surface area contributed by atoms with Crippen LogP contribution in [-0.4, -0.2) is 10.8 Å². The smallest absolute Gasteiger partial charge is 0.273 e. The highest BCUT2D eigenvalue weighted by atomic mass is 16.6. The minimum Gasteiger partial charge on any atom is -0.476 e. The van der Waals surface area contributed by atoms with Crippen molar-refractivity contribution in [3.63, 3.8) is 0 Å². The number of non-ortho nitro benzene ring substituents is 1. The normalized spacial score (nSPS) is 11.5. The van der Waals surface area contributed by atoms with Crippen LogP contribution in [0.1, 0.15) is 22.8 Å². The molecule has 1 amide bonds. The van der Waals surface area contributed by atoms with Gasteiger partial charge in [-0.15, -0.1) is 0 Å². The summed E-state index contributed by atoms with van der Waals surface area (Å²) in [5.41, 5.74) is 3.21. The highest BCUT2D eigenvalue weighted by Gasteiger charge is 2.24. The van der Waals surface area contributed by atoms with E-state index >= 15 is 0 Å². The molecule has 3 aromatic rings. The van der Waals surface area contributed by atoms with Gasteiger partial charge in [-0.25, -0.2) is 0 Å². The highest BCUT2D eigenvalue weighted by molar-refractivity contribution is 5.95. The molecule has 1 unspecified atom stereocenters. The monoisotopic (exact) mass is 376 g/mol. The van der Waals surface area contributed by atoms with E-state index in [1.807, 2.05) is 50.2 Å². The molecule has 3 rings (SSSR count). The van der Waals surface area contributed by atoms with Gasteiger partial charge < -0.3 is 10.1 Å². The molecule has 1 N–H and O–H groups in total. The van der Waals surface area contributed by atoms with E-state index in [1.54, 1.807) is 18.2 Å². The summed E-state index contributed by atoms with van der Waals surface area (Å²) in [7, 11) is 0. The van der Waals surface area contributed by atoms with Crippen LogP contribution in [0.5, 0.6) is 5.75 Å². The second kappa shape index (κ2) is 8.35. The van der Waals surface area contributed by atoms with Gasteiger partial charge in [-0.1, -0.05) is 48.5 Å². The molecule has 0 aliphatic heterocycles. The molecule has 0 aromatic heterocycles. The van der Waals surface area contributed by atoms with Crippen molar-refractivity contribution in [3.8, 4) is 5.75 Å². The first-order chi connectivity index (χ1) is 13.4. The first-order valence-corrected chi connectivity index (χ1v) is 8.78. The number of aryl methyl sites for hydroxylation is 2. The van der Waals surface area contributed by atoms with Crippen molar-refractivity contribution >= 4 is 17.3 Å². The number of nitrogens with zero attached hydrogens (tertiary/aromatic N) is 1. The molecule has 0 heterocycles. The molecule has 0 saturated heterocycles. The maximum Gasteiger partial charge on any atom is 0.273 e. The van der Waals surface area contributed by atoms with E-state index in [1.165, 1.54) is 18.2 Å². The van der Waals surface area contributed by atoms with Crippen LogP contribution in [0.25, 0.3) is 0 Å². The van der Waals surface area contributed by atoms with Gasteiger partial charge in [-0.2, -0.15) is 0 Å². The van der Waals surface area contributed by atoms with Gasteiger partial charge >= 0.3 is 0 Å². The number of nitro benzene ring substituents is 1. The van der Waals surface area contributed by atoms with Gasteiger partial charge in [0.2, 0.25) is 6.10 Å². The first-order valence-electron chi connectivity index (χ1n) is 8.78. The lowest BCUT2D eigenvalue weighted by molar-refractivity contribution is -0.384. The van der Waals surface area contributed by atoms with Crippen molar-refractivity contribution in [2.24, 2.45) is 0 Å². The van der Waals surface area contributed by atoms with Gasteiger partial charge in [0, 0.05) is 17.3 Å². The van der Waals surface area contributed by atoms with E-state index in [0.717, 1.165) is 11.1 Å². The third-order valence-corrected chi connectivity index (χ3v) is 4.27. The molecule has 142 valence electrons. The summed E-state index contributed by atoms with van der Waals surface area (Å²) in [6.45, 7) is 3.86. The van der Waals surface area contributed by atoms with Crippen LogP contribution in [0.4, 0.5) is 11.4 Å². The third-order valence-electron chi connectivity index (χ3n) is 4.27. The number of anilines is 1. The standard InChI is InChI=1S/C22H20N2O4/c1-15-11-12-16(2)20(13-15)23-22(25)21(17-7-4-3-5-8-17)28-19-10-6-9-18(14-19)24(26)27/h3-14,21H,1-2H3,(H,23,25). The van der Waals surface area contributed by atoms with E-state index in [2.05, 4.69) is 5.32 Å². The van der Waals surface area contributed by atoms with E-state index in [0.29, 0.717) is 11.3 Å². The largest absolute Gasteiger partial charge is 0.476 e. The predicted molar refractivity (Wildman–Crippen MR) is 107 cm³/mol. The summed E-state index contributed by atoms with van der Waals surface area (Å²) in [6.07, 6.45) is -0.955. The molecule has 0 fully saturated rings. The van der Waals surface area contributed by atoms with Crippen molar-refractivity contribution in [1.82, 2.24) is 0 Å². The molecule has 1 atom stereocenters. The van der Waals surface area contributed by atoms with Crippen LogP contribution in [0, 0.1) is 24.0 Å². The fourth-order valence-corrected chi connectivity index (χ4v) is 2.78. The fourth-order valence-electron chi connectivity index (χ4n) is 2.78. The Morgan fingerprint density at radius 3 is 2.46 bits per heavy atom. The predicted octanol–water partition coefficient (Wildman–Crippen LogP) is 4.97. The minimum atomic E-state index is -0.955. The molecular weight excluding hydrogens is 356 g/mol. The molecule has 28 heavy (non-hydrogen) atoms. The average Bonchev–Trinajstić information content (AvgIpc) is 2.69. The molecule has 0 radical (unpaired) electrons. The van der Waals surface area contributed by atoms with Crippen molar-refractivity contribution in [2.75, 3.05) is 5.32 Å². The topological polar surface area (TPSA) is 81.5 Å². The van der Waals surface area contributed by atoms with E-state index in [-0.39, 0.29) is 17.3 Å². The molecule has 0 aliphatic carbocycles. The van der Waals surface area contributed by atoms with E-state index < -0.39 is 11.0 Å². The summed E-state index contributed by atoms with van der Waals surface area (Å²) in [6, 6.07) is 20.6. The van der Waals surface area contributed by atoms with E-state index in [9.17, 15) is 14.9 Å². The third kappa shape index (κ3) is 4.54. The number of rotatable bonds is 6. The van der Waals surface area contributed by atoms with Crippen LogP contribution in [0.2, 0.25) is 0 Å². The summed E-state index contributed by atoms with van der Waals surface area (Å²) in [5, 5.41) is 13.9. The first kappa shape index (κ1) is 19.1. The number of hydrogen-bond acceptors (Lipinski definition) is 4. The number of ether oxygens (including phenoxy) is 1. The zero-order valence-corrected chi connectivity index (χ0v) is 15.6. The second-order valence-corrected chi connectivity index (χ2v) is 6.47. The van der Waals surface area contributed by atoms with Crippen LogP contribution in [0.3, 0.4) is 0 Å². The van der Waals surface area contributed by atoms with Crippen molar-refractivity contribution < 1.29 is 14.5 Å². The zero-order valence-electron chi connectivity index (χ0n) is 15.6. The molecule has 0 spiro atoms. The highest BCUT2D eigenvalue weighted by Crippen LogP contribution is 2.27. The number of nitrogens with one attached hydrogen (secondary N) is 1. The molecule has 3 aromatic carbocycles. The Labute approximate surface area is 162 Å². The molecule has 6 nitrogen and oxygen atoms in total. The number of carbonyl (C=O) groups excluding carboxylic acids is 1. The molecule has 6 heteroatoms. The lowest BCUT2D eigenvalue weighted by atomic mass is 10.1. The zero-order chi connectivity index (χ0) is 20.1. The number of nitro groups is 1. The SMILES string of the molecule is Cc1ccc(C)c(NC(=O)C(Oc2cccc([N+](=O)[O-])c2)c2ccccc2)c1. The molecule has 0 saturated carbocycles. The quantitative estimate of drug-likeness (QED) is 0.486. The molecule has 0 aliphatic rings. The van der Waals surface area contributed by atoms with Gasteiger partial charge in [0.15, 0.2) is 0 Å². The maximum atomic E-state index is 13.0. The Morgan fingerprint density at radius 1 is 1.00 bits per heavy atom. The molecule has 0 bridgehead atoms. The maximum absolute atomic E-state index is 13.0. The van der Waals surface area contributed by atoms with Gasteiger partial charge in [0.1, 0.15) is 5.75 Å². The Bertz CT molecular complexity index is 1000. The Kier molecular flexibility index (Phi) is 5.69. The van der Waals surface area contributed by atoms with Crippen LogP contribution < -0.4 is 10.1 Å². The van der Waals surface area contributed by atoms with Gasteiger partial charge in [-0.05, 0) is 37.1 Å².